The van der Waals surface area contributed by atoms with Gasteiger partial charge in [0.15, 0.2) is 0 Å². The molecule has 0 spiro atoms. The number of rotatable bonds is 5. The van der Waals surface area contributed by atoms with Crippen LogP contribution in [0.2, 0.25) is 0 Å². The number of nitrogens with two attached hydrogens (primary N) is 2. The maximum Gasteiger partial charge on any atom is 0.274 e. The van der Waals surface area contributed by atoms with Crippen molar-refractivity contribution in [2.45, 2.75) is 12.6 Å². The van der Waals surface area contributed by atoms with E-state index in [0.717, 1.165) is 0 Å². The number of morpholine rings is 1. The number of hydrogen-bond donors (Lipinski definition) is 2. The number of carbonyl (C=O) groups is 1. The van der Waals surface area contributed by atoms with Crippen molar-refractivity contribution in [1.29, 1.82) is 0 Å². The van der Waals surface area contributed by atoms with Crippen LogP contribution in [-0.2, 0) is 11.3 Å². The maximum atomic E-state index is 11.1. The van der Waals surface area contributed by atoms with Gasteiger partial charge in [-0.1, -0.05) is 6.07 Å². The predicted molar refractivity (Wildman–Crippen MR) is 82.9 cm³/mol. The summed E-state index contributed by atoms with van der Waals surface area (Å²) in [5.74, 6) is -0.681. The van der Waals surface area contributed by atoms with Crippen molar-refractivity contribution in [3.05, 3.63) is 39.4 Å². The van der Waals surface area contributed by atoms with Crippen LogP contribution in [0, 0.1) is 10.1 Å². The second-order valence-electron chi connectivity index (χ2n) is 4.93. The summed E-state index contributed by atoms with van der Waals surface area (Å²) in [6, 6.07) is 4.30. The first-order valence-corrected chi connectivity index (χ1v) is 6.62. The van der Waals surface area contributed by atoms with Gasteiger partial charge in [-0.2, -0.15) is 0 Å². The zero-order valence-electron chi connectivity index (χ0n) is 11.9. The molecule has 122 valence electrons. The first-order valence-electron chi connectivity index (χ1n) is 6.62. The van der Waals surface area contributed by atoms with Crippen molar-refractivity contribution in [2.75, 3.05) is 26.2 Å². The van der Waals surface area contributed by atoms with E-state index >= 15 is 0 Å². The predicted octanol–water partition coefficient (Wildman–Crippen LogP) is 0.275. The molecule has 1 aromatic rings. The van der Waals surface area contributed by atoms with Crippen molar-refractivity contribution in [2.24, 2.45) is 11.5 Å². The van der Waals surface area contributed by atoms with Gasteiger partial charge >= 0.3 is 0 Å². The van der Waals surface area contributed by atoms with Gasteiger partial charge in [0.1, 0.15) is 0 Å². The Bertz CT molecular complexity index is 555. The molecule has 1 aliphatic heterocycles. The zero-order valence-corrected chi connectivity index (χ0v) is 12.8. The number of nitro benzene ring substituents is 1. The summed E-state index contributed by atoms with van der Waals surface area (Å²) < 4.78 is 5.46. The molecule has 1 aliphatic rings. The molecule has 2 rings (SSSR count). The van der Waals surface area contributed by atoms with E-state index in [4.69, 9.17) is 16.2 Å². The van der Waals surface area contributed by atoms with Crippen molar-refractivity contribution < 1.29 is 14.5 Å². The van der Waals surface area contributed by atoms with Gasteiger partial charge in [-0.25, -0.2) is 0 Å². The lowest BCUT2D eigenvalue weighted by Crippen LogP contribution is -2.45. The Morgan fingerprint density at radius 1 is 1.50 bits per heavy atom. The van der Waals surface area contributed by atoms with Gasteiger partial charge in [0.25, 0.3) is 5.69 Å². The highest BCUT2D eigenvalue weighted by Crippen LogP contribution is 2.22. The number of ether oxygens (including phenoxy) is 1. The smallest absolute Gasteiger partial charge is 0.274 e. The van der Waals surface area contributed by atoms with Crippen LogP contribution >= 0.6 is 12.4 Å². The van der Waals surface area contributed by atoms with Crippen molar-refractivity contribution >= 4 is 24.0 Å². The van der Waals surface area contributed by atoms with E-state index < -0.39 is 10.8 Å². The second-order valence-corrected chi connectivity index (χ2v) is 4.93. The number of halogens is 1. The van der Waals surface area contributed by atoms with Gasteiger partial charge in [-0.3, -0.25) is 19.8 Å². The second kappa shape index (κ2) is 8.04. The molecule has 1 saturated heterocycles. The van der Waals surface area contributed by atoms with Gasteiger partial charge in [0, 0.05) is 43.4 Å². The first kappa shape index (κ1) is 18.3. The number of nitrogens with zero attached hydrogens (tertiary/aromatic N) is 2. The quantitative estimate of drug-likeness (QED) is 0.590. The third-order valence-electron chi connectivity index (χ3n) is 3.45. The van der Waals surface area contributed by atoms with Gasteiger partial charge in [-0.15, -0.1) is 12.4 Å². The van der Waals surface area contributed by atoms with E-state index in [1.165, 1.54) is 12.1 Å². The Balaban J connectivity index is 0.00000242. The minimum absolute atomic E-state index is 0. The Kier molecular flexibility index (Phi) is 6.69. The van der Waals surface area contributed by atoms with Crippen LogP contribution in [0.1, 0.15) is 15.9 Å². The molecule has 1 heterocycles. The molecule has 4 N–H and O–H groups in total. The van der Waals surface area contributed by atoms with Gasteiger partial charge in [0.2, 0.25) is 5.91 Å². The average molecular weight is 331 g/mol. The lowest BCUT2D eigenvalue weighted by atomic mass is 10.1. The first-order chi connectivity index (χ1) is 10.0. The minimum Gasteiger partial charge on any atom is -0.374 e. The molecule has 0 aromatic heterocycles. The molecular formula is C13H19ClN4O4. The van der Waals surface area contributed by atoms with Gasteiger partial charge < -0.3 is 16.2 Å². The summed E-state index contributed by atoms with van der Waals surface area (Å²) in [6.07, 6.45) is -0.0531. The number of amides is 1. The monoisotopic (exact) mass is 330 g/mol. The third kappa shape index (κ3) is 4.38. The number of primary amides is 1. The van der Waals surface area contributed by atoms with Crippen LogP contribution in [-0.4, -0.2) is 48.1 Å². The Labute approximate surface area is 134 Å². The molecule has 1 atom stereocenters. The van der Waals surface area contributed by atoms with E-state index in [1.54, 1.807) is 6.07 Å². The van der Waals surface area contributed by atoms with Gasteiger partial charge in [0.05, 0.1) is 17.6 Å². The highest BCUT2D eigenvalue weighted by molar-refractivity contribution is 5.93. The fraction of sp³-hybridized carbons (Fsp3) is 0.462. The van der Waals surface area contributed by atoms with E-state index in [0.29, 0.717) is 38.3 Å². The van der Waals surface area contributed by atoms with E-state index in [2.05, 4.69) is 0 Å². The van der Waals surface area contributed by atoms with Crippen LogP contribution < -0.4 is 11.5 Å². The van der Waals surface area contributed by atoms with Crippen LogP contribution in [0.25, 0.3) is 0 Å². The molecule has 1 amide bonds. The van der Waals surface area contributed by atoms with Crippen molar-refractivity contribution in [1.82, 2.24) is 4.90 Å². The largest absolute Gasteiger partial charge is 0.374 e. The fourth-order valence-corrected chi connectivity index (χ4v) is 2.33. The summed E-state index contributed by atoms with van der Waals surface area (Å²) in [5, 5.41) is 11.1. The molecule has 1 fully saturated rings. The standard InChI is InChI=1S/C13H18N4O4.ClH/c14-6-11-8-16(3-4-21-11)7-10-2-1-9(13(15)18)5-12(10)17(19)20;/h1-2,5,11H,3-4,6-8,14H2,(H2,15,18);1H. The summed E-state index contributed by atoms with van der Waals surface area (Å²) in [7, 11) is 0. The summed E-state index contributed by atoms with van der Waals surface area (Å²) >= 11 is 0. The van der Waals surface area contributed by atoms with Crippen molar-refractivity contribution in [3.8, 4) is 0 Å². The summed E-state index contributed by atoms with van der Waals surface area (Å²) in [6.45, 7) is 2.69. The van der Waals surface area contributed by atoms with Gasteiger partial charge in [-0.05, 0) is 6.07 Å². The van der Waals surface area contributed by atoms with E-state index in [-0.39, 0.29) is 29.8 Å². The topological polar surface area (TPSA) is 125 Å². The lowest BCUT2D eigenvalue weighted by Gasteiger charge is -2.32. The molecule has 9 heteroatoms. The van der Waals surface area contributed by atoms with Crippen molar-refractivity contribution in [3.63, 3.8) is 0 Å². The molecule has 0 aliphatic carbocycles. The lowest BCUT2D eigenvalue weighted by molar-refractivity contribution is -0.385. The van der Waals surface area contributed by atoms with Crippen LogP contribution in [0.5, 0.6) is 0 Å². The average Bonchev–Trinajstić information content (AvgIpc) is 2.47. The Hall–Kier alpha value is -1.74. The molecular weight excluding hydrogens is 312 g/mol. The summed E-state index contributed by atoms with van der Waals surface area (Å²) in [5.41, 5.74) is 11.3. The fourth-order valence-electron chi connectivity index (χ4n) is 2.33. The molecule has 0 saturated carbocycles. The SMILES string of the molecule is Cl.NCC1CN(Cc2ccc(C(N)=O)cc2[N+](=O)[O-])CCO1. The number of benzene rings is 1. The normalized spacial score (nSPS) is 18.5. The Morgan fingerprint density at radius 2 is 2.23 bits per heavy atom. The maximum absolute atomic E-state index is 11.1. The molecule has 22 heavy (non-hydrogen) atoms. The number of nitro groups is 1. The van der Waals surface area contributed by atoms with Crippen LogP contribution in [0.4, 0.5) is 5.69 Å². The van der Waals surface area contributed by atoms with E-state index in [9.17, 15) is 14.9 Å². The third-order valence-corrected chi connectivity index (χ3v) is 3.45. The number of hydrogen-bond acceptors (Lipinski definition) is 6. The zero-order chi connectivity index (χ0) is 15.4. The molecule has 0 radical (unpaired) electrons. The van der Waals surface area contributed by atoms with Crippen LogP contribution in [0.15, 0.2) is 18.2 Å². The molecule has 1 unspecified atom stereocenters. The Morgan fingerprint density at radius 3 is 2.82 bits per heavy atom. The van der Waals surface area contributed by atoms with E-state index in [1.807, 2.05) is 4.90 Å². The highest BCUT2D eigenvalue weighted by atomic mass is 35.5. The molecule has 1 aromatic carbocycles. The minimum atomic E-state index is -0.681. The summed E-state index contributed by atoms with van der Waals surface area (Å²) in [4.78, 5) is 23.8. The van der Waals surface area contributed by atoms with Crippen LogP contribution in [0.3, 0.4) is 0 Å². The number of carbonyl (C=O) groups excluding carboxylic acids is 1. The highest BCUT2D eigenvalue weighted by Gasteiger charge is 2.23. The molecule has 0 bridgehead atoms. The molecule has 8 nitrogen and oxygen atoms in total.